The lowest BCUT2D eigenvalue weighted by Crippen LogP contribution is -2.22. The van der Waals surface area contributed by atoms with E-state index in [-0.39, 0.29) is 6.04 Å². The van der Waals surface area contributed by atoms with Crippen LogP contribution in [-0.4, -0.2) is 28.0 Å². The standard InChI is InChI=1S/C11H19NO2S/c1-3-4-5-6-7-12-9(2)8-10(15-12)11(13)14/h8-9H,3-7H2,1-2H3,(H,13,14). The highest BCUT2D eigenvalue weighted by Gasteiger charge is 2.25. The van der Waals surface area contributed by atoms with Gasteiger partial charge in [0.25, 0.3) is 0 Å². The largest absolute Gasteiger partial charge is 0.477 e. The van der Waals surface area contributed by atoms with Gasteiger partial charge in [0.2, 0.25) is 0 Å². The maximum absolute atomic E-state index is 10.8. The maximum Gasteiger partial charge on any atom is 0.343 e. The van der Waals surface area contributed by atoms with Crippen molar-refractivity contribution in [1.82, 2.24) is 4.31 Å². The minimum absolute atomic E-state index is 0.253. The lowest BCUT2D eigenvalue weighted by Gasteiger charge is -2.19. The Kier molecular flexibility index (Phi) is 5.19. The molecule has 0 saturated carbocycles. The van der Waals surface area contributed by atoms with Gasteiger partial charge in [0.1, 0.15) is 4.91 Å². The van der Waals surface area contributed by atoms with Crippen LogP contribution in [0, 0.1) is 0 Å². The van der Waals surface area contributed by atoms with E-state index in [9.17, 15) is 4.79 Å². The maximum atomic E-state index is 10.8. The SMILES string of the molecule is CCCCCCN1SC(C(=O)O)=CC1C. The Hall–Kier alpha value is -0.480. The Morgan fingerprint density at radius 2 is 2.27 bits per heavy atom. The first-order chi connectivity index (χ1) is 7.15. The van der Waals surface area contributed by atoms with Gasteiger partial charge in [0, 0.05) is 12.6 Å². The molecule has 0 saturated heterocycles. The van der Waals surface area contributed by atoms with Gasteiger partial charge < -0.3 is 5.11 Å². The van der Waals surface area contributed by atoms with E-state index in [1.807, 2.05) is 13.0 Å². The van der Waals surface area contributed by atoms with E-state index in [0.29, 0.717) is 4.91 Å². The van der Waals surface area contributed by atoms with Crippen LogP contribution in [0.4, 0.5) is 0 Å². The van der Waals surface area contributed by atoms with Crippen molar-refractivity contribution in [3.8, 4) is 0 Å². The Bertz CT molecular complexity index is 253. The Balaban J connectivity index is 2.26. The van der Waals surface area contributed by atoms with Crippen LogP contribution in [-0.2, 0) is 4.79 Å². The zero-order valence-corrected chi connectivity index (χ0v) is 10.2. The average molecular weight is 229 g/mol. The minimum Gasteiger partial charge on any atom is -0.477 e. The third kappa shape index (κ3) is 3.87. The lowest BCUT2D eigenvalue weighted by molar-refractivity contribution is -0.131. The normalized spacial score (nSPS) is 21.7. The molecule has 4 heteroatoms. The quantitative estimate of drug-likeness (QED) is 0.561. The number of carboxylic acids is 1. The molecule has 1 N–H and O–H groups in total. The summed E-state index contributed by atoms with van der Waals surface area (Å²) in [6.45, 7) is 5.22. The molecule has 1 rings (SSSR count). The van der Waals surface area contributed by atoms with Gasteiger partial charge in [-0.3, -0.25) is 0 Å². The lowest BCUT2D eigenvalue weighted by atomic mass is 10.2. The van der Waals surface area contributed by atoms with Crippen LogP contribution in [0.2, 0.25) is 0 Å². The summed E-state index contributed by atoms with van der Waals surface area (Å²) >= 11 is 1.38. The van der Waals surface area contributed by atoms with Crippen molar-refractivity contribution >= 4 is 17.9 Å². The molecule has 0 spiro atoms. The second-order valence-corrected chi connectivity index (χ2v) is 4.96. The van der Waals surface area contributed by atoms with Crippen LogP contribution in [0.15, 0.2) is 11.0 Å². The molecule has 0 aliphatic carbocycles. The van der Waals surface area contributed by atoms with Gasteiger partial charge in [-0.25, -0.2) is 9.10 Å². The molecule has 1 heterocycles. The van der Waals surface area contributed by atoms with Crippen molar-refractivity contribution in [1.29, 1.82) is 0 Å². The number of carbonyl (C=O) groups is 1. The van der Waals surface area contributed by atoms with Crippen molar-refractivity contribution in [2.75, 3.05) is 6.54 Å². The number of hydrogen-bond donors (Lipinski definition) is 1. The number of carboxylic acid groups (broad SMARTS) is 1. The van der Waals surface area contributed by atoms with Crippen molar-refractivity contribution in [3.05, 3.63) is 11.0 Å². The molecule has 0 aromatic heterocycles. The summed E-state index contributed by atoms with van der Waals surface area (Å²) in [7, 11) is 0. The first kappa shape index (κ1) is 12.6. The van der Waals surface area contributed by atoms with Gasteiger partial charge in [-0.15, -0.1) is 0 Å². The molecule has 1 atom stereocenters. The van der Waals surface area contributed by atoms with E-state index in [2.05, 4.69) is 11.2 Å². The van der Waals surface area contributed by atoms with Gasteiger partial charge in [-0.05, 0) is 31.4 Å². The second kappa shape index (κ2) is 6.18. The molecule has 1 aliphatic rings. The molecule has 1 aliphatic heterocycles. The van der Waals surface area contributed by atoms with Crippen molar-refractivity contribution in [3.63, 3.8) is 0 Å². The monoisotopic (exact) mass is 229 g/mol. The molecule has 86 valence electrons. The summed E-state index contributed by atoms with van der Waals surface area (Å²) in [4.78, 5) is 11.2. The average Bonchev–Trinajstić information content (AvgIpc) is 2.55. The summed E-state index contributed by atoms with van der Waals surface area (Å²) in [5.74, 6) is -0.803. The summed E-state index contributed by atoms with van der Waals surface area (Å²) in [5.41, 5.74) is 0. The highest BCUT2D eigenvalue weighted by Crippen LogP contribution is 2.32. The second-order valence-electron chi connectivity index (χ2n) is 3.87. The van der Waals surface area contributed by atoms with Crippen LogP contribution < -0.4 is 0 Å². The van der Waals surface area contributed by atoms with Gasteiger partial charge in [0.05, 0.1) is 0 Å². The summed E-state index contributed by atoms with van der Waals surface area (Å²) in [6, 6.07) is 0.253. The molecule has 0 aromatic rings. The Morgan fingerprint density at radius 1 is 1.53 bits per heavy atom. The Labute approximate surface area is 95.7 Å². The van der Waals surface area contributed by atoms with E-state index in [0.717, 1.165) is 13.0 Å². The molecular weight excluding hydrogens is 210 g/mol. The van der Waals surface area contributed by atoms with Gasteiger partial charge in [0.15, 0.2) is 0 Å². The molecule has 3 nitrogen and oxygen atoms in total. The fourth-order valence-corrected chi connectivity index (χ4v) is 2.63. The van der Waals surface area contributed by atoms with E-state index in [1.165, 1.54) is 31.2 Å². The van der Waals surface area contributed by atoms with Crippen molar-refractivity contribution in [2.24, 2.45) is 0 Å². The first-order valence-corrected chi connectivity index (χ1v) is 6.32. The number of nitrogens with zero attached hydrogens (tertiary/aromatic N) is 1. The van der Waals surface area contributed by atoms with Gasteiger partial charge in [-0.1, -0.05) is 26.2 Å². The predicted molar refractivity (Wildman–Crippen MR) is 63.6 cm³/mol. The topological polar surface area (TPSA) is 40.5 Å². The molecule has 0 aromatic carbocycles. The first-order valence-electron chi connectivity index (χ1n) is 5.55. The minimum atomic E-state index is -0.803. The van der Waals surface area contributed by atoms with Crippen molar-refractivity contribution < 1.29 is 9.90 Å². The molecular formula is C11H19NO2S. The third-order valence-electron chi connectivity index (χ3n) is 2.51. The number of rotatable bonds is 6. The van der Waals surface area contributed by atoms with E-state index in [4.69, 9.17) is 5.11 Å². The highest BCUT2D eigenvalue weighted by molar-refractivity contribution is 8.02. The fraction of sp³-hybridized carbons (Fsp3) is 0.727. The number of hydrogen-bond acceptors (Lipinski definition) is 3. The predicted octanol–water partition coefficient (Wildman–Crippen LogP) is 2.89. The van der Waals surface area contributed by atoms with E-state index < -0.39 is 5.97 Å². The molecule has 1 unspecified atom stereocenters. The zero-order valence-electron chi connectivity index (χ0n) is 9.40. The van der Waals surface area contributed by atoms with E-state index >= 15 is 0 Å². The molecule has 0 radical (unpaired) electrons. The number of aliphatic carboxylic acids is 1. The highest BCUT2D eigenvalue weighted by atomic mass is 32.2. The summed E-state index contributed by atoms with van der Waals surface area (Å²) in [5, 5.41) is 8.84. The fourth-order valence-electron chi connectivity index (χ4n) is 1.60. The van der Waals surface area contributed by atoms with Crippen molar-refractivity contribution in [2.45, 2.75) is 45.6 Å². The molecule has 0 bridgehead atoms. The van der Waals surface area contributed by atoms with Gasteiger partial charge >= 0.3 is 5.97 Å². The molecule has 15 heavy (non-hydrogen) atoms. The molecule has 0 amide bonds. The summed E-state index contributed by atoms with van der Waals surface area (Å²) in [6.07, 6.45) is 6.73. The zero-order chi connectivity index (χ0) is 11.3. The van der Waals surface area contributed by atoms with E-state index in [1.54, 1.807) is 0 Å². The summed E-state index contributed by atoms with van der Waals surface area (Å²) < 4.78 is 2.15. The van der Waals surface area contributed by atoms with Crippen LogP contribution >= 0.6 is 11.9 Å². The Morgan fingerprint density at radius 3 is 2.80 bits per heavy atom. The molecule has 0 fully saturated rings. The number of unbranched alkanes of at least 4 members (excludes halogenated alkanes) is 3. The van der Waals surface area contributed by atoms with Crippen LogP contribution in [0.3, 0.4) is 0 Å². The van der Waals surface area contributed by atoms with Crippen LogP contribution in [0.5, 0.6) is 0 Å². The van der Waals surface area contributed by atoms with Crippen LogP contribution in [0.25, 0.3) is 0 Å². The smallest absolute Gasteiger partial charge is 0.343 e. The van der Waals surface area contributed by atoms with Crippen LogP contribution in [0.1, 0.15) is 39.5 Å². The third-order valence-corrected chi connectivity index (χ3v) is 3.76. The van der Waals surface area contributed by atoms with Gasteiger partial charge in [-0.2, -0.15) is 0 Å².